The number of pyridine rings is 1. The van der Waals surface area contributed by atoms with Crippen LogP contribution in [0.25, 0.3) is 11.1 Å². The lowest BCUT2D eigenvalue weighted by Crippen LogP contribution is -1.97. The first kappa shape index (κ1) is 11.5. The summed E-state index contributed by atoms with van der Waals surface area (Å²) >= 11 is 0. The molecular weight excluding hydrogens is 212 g/mol. The molecule has 0 bridgehead atoms. The summed E-state index contributed by atoms with van der Waals surface area (Å²) in [6.07, 6.45) is 1.72. The molecule has 1 heterocycles. The quantitative estimate of drug-likeness (QED) is 0.878. The molecule has 0 radical (unpaired) electrons. The molecule has 2 rings (SSSR count). The van der Waals surface area contributed by atoms with Crippen molar-refractivity contribution in [3.63, 3.8) is 0 Å². The fourth-order valence-electron chi connectivity index (χ4n) is 1.86. The zero-order chi connectivity index (χ0) is 12.3. The van der Waals surface area contributed by atoms with E-state index in [2.05, 4.69) is 4.98 Å². The lowest BCUT2D eigenvalue weighted by molar-refractivity contribution is 0.340. The predicted octanol–water partition coefficient (Wildman–Crippen LogP) is 3.04. The van der Waals surface area contributed by atoms with Crippen LogP contribution in [0.5, 0.6) is 5.75 Å². The molecule has 1 aromatic carbocycles. The van der Waals surface area contributed by atoms with Gasteiger partial charge in [-0.05, 0) is 43.2 Å². The van der Waals surface area contributed by atoms with Gasteiger partial charge < -0.3 is 10.5 Å². The first-order chi connectivity index (χ1) is 8.22. The van der Waals surface area contributed by atoms with Crippen molar-refractivity contribution < 1.29 is 4.74 Å². The molecule has 0 aliphatic carbocycles. The molecule has 3 heteroatoms. The minimum Gasteiger partial charge on any atom is -0.494 e. The third-order valence-corrected chi connectivity index (χ3v) is 2.62. The molecule has 0 atom stereocenters. The molecule has 3 nitrogen and oxygen atoms in total. The number of benzene rings is 1. The maximum atomic E-state index is 5.93. The monoisotopic (exact) mass is 228 g/mol. The Labute approximate surface area is 101 Å². The Morgan fingerprint density at radius 2 is 2.12 bits per heavy atom. The van der Waals surface area contributed by atoms with Crippen LogP contribution in [0, 0.1) is 6.92 Å². The molecule has 2 aromatic rings. The van der Waals surface area contributed by atoms with Crippen LogP contribution in [-0.4, -0.2) is 11.6 Å². The van der Waals surface area contributed by atoms with Crippen molar-refractivity contribution in [2.24, 2.45) is 0 Å². The Balaban J connectivity index is 2.49. The van der Waals surface area contributed by atoms with Crippen LogP contribution in [0.1, 0.15) is 12.5 Å². The van der Waals surface area contributed by atoms with Gasteiger partial charge in [-0.25, -0.2) is 4.98 Å². The summed E-state index contributed by atoms with van der Waals surface area (Å²) in [6, 6.07) is 9.87. The van der Waals surface area contributed by atoms with Crippen LogP contribution in [0.2, 0.25) is 0 Å². The first-order valence-electron chi connectivity index (χ1n) is 5.66. The van der Waals surface area contributed by atoms with E-state index in [1.807, 2.05) is 44.2 Å². The van der Waals surface area contributed by atoms with E-state index in [-0.39, 0.29) is 0 Å². The van der Waals surface area contributed by atoms with E-state index < -0.39 is 0 Å². The van der Waals surface area contributed by atoms with Gasteiger partial charge >= 0.3 is 0 Å². The highest BCUT2D eigenvalue weighted by Gasteiger charge is 2.07. The molecule has 0 aliphatic heterocycles. The number of ether oxygens (including phenoxy) is 1. The summed E-state index contributed by atoms with van der Waals surface area (Å²) in [5.41, 5.74) is 9.06. The normalized spacial score (nSPS) is 10.2. The number of hydrogen-bond acceptors (Lipinski definition) is 3. The van der Waals surface area contributed by atoms with Crippen LogP contribution in [0.15, 0.2) is 36.5 Å². The number of aryl methyl sites for hydroxylation is 1. The van der Waals surface area contributed by atoms with Gasteiger partial charge in [-0.1, -0.05) is 12.1 Å². The van der Waals surface area contributed by atoms with Crippen LogP contribution in [0.3, 0.4) is 0 Å². The van der Waals surface area contributed by atoms with E-state index in [9.17, 15) is 0 Å². The lowest BCUT2D eigenvalue weighted by Gasteiger charge is -2.10. The smallest absolute Gasteiger partial charge is 0.131 e. The highest BCUT2D eigenvalue weighted by Crippen LogP contribution is 2.30. The van der Waals surface area contributed by atoms with E-state index in [1.165, 1.54) is 0 Å². The SMILES string of the molecule is CCOc1cccc(-c2c(C)ccnc2N)c1. The van der Waals surface area contributed by atoms with E-state index in [1.54, 1.807) is 6.20 Å². The van der Waals surface area contributed by atoms with Gasteiger partial charge in [0.05, 0.1) is 6.61 Å². The van der Waals surface area contributed by atoms with E-state index in [4.69, 9.17) is 10.5 Å². The summed E-state index contributed by atoms with van der Waals surface area (Å²) in [5.74, 6) is 1.41. The van der Waals surface area contributed by atoms with Gasteiger partial charge in [0.15, 0.2) is 0 Å². The Morgan fingerprint density at radius 1 is 1.29 bits per heavy atom. The Morgan fingerprint density at radius 3 is 2.82 bits per heavy atom. The predicted molar refractivity (Wildman–Crippen MR) is 70.0 cm³/mol. The van der Waals surface area contributed by atoms with Crippen molar-refractivity contribution in [1.82, 2.24) is 4.98 Å². The van der Waals surface area contributed by atoms with Crippen LogP contribution in [-0.2, 0) is 0 Å². The summed E-state index contributed by atoms with van der Waals surface area (Å²) in [4.78, 5) is 4.13. The summed E-state index contributed by atoms with van der Waals surface area (Å²) < 4.78 is 5.49. The van der Waals surface area contributed by atoms with Gasteiger partial charge in [-0.2, -0.15) is 0 Å². The highest BCUT2D eigenvalue weighted by molar-refractivity contribution is 5.77. The van der Waals surface area contributed by atoms with Crippen molar-refractivity contribution in [3.8, 4) is 16.9 Å². The molecule has 2 N–H and O–H groups in total. The largest absolute Gasteiger partial charge is 0.494 e. The molecule has 0 unspecified atom stereocenters. The van der Waals surface area contributed by atoms with E-state index in [0.29, 0.717) is 12.4 Å². The van der Waals surface area contributed by atoms with Gasteiger partial charge in [0.25, 0.3) is 0 Å². The zero-order valence-corrected chi connectivity index (χ0v) is 10.1. The van der Waals surface area contributed by atoms with Gasteiger partial charge in [0, 0.05) is 11.8 Å². The average molecular weight is 228 g/mol. The number of anilines is 1. The summed E-state index contributed by atoms with van der Waals surface area (Å²) in [7, 11) is 0. The third-order valence-electron chi connectivity index (χ3n) is 2.62. The van der Waals surface area contributed by atoms with E-state index >= 15 is 0 Å². The van der Waals surface area contributed by atoms with Gasteiger partial charge in [0.2, 0.25) is 0 Å². The van der Waals surface area contributed by atoms with Gasteiger partial charge in [0.1, 0.15) is 11.6 Å². The summed E-state index contributed by atoms with van der Waals surface area (Å²) in [6.45, 7) is 4.65. The average Bonchev–Trinajstić information content (AvgIpc) is 2.30. The van der Waals surface area contributed by atoms with Crippen molar-refractivity contribution >= 4 is 5.82 Å². The molecule has 0 aliphatic rings. The number of nitrogens with zero attached hydrogens (tertiary/aromatic N) is 1. The van der Waals surface area contributed by atoms with Gasteiger partial charge in [-0.15, -0.1) is 0 Å². The second-order valence-corrected chi connectivity index (χ2v) is 3.85. The Kier molecular flexibility index (Phi) is 3.28. The maximum Gasteiger partial charge on any atom is 0.131 e. The minimum absolute atomic E-state index is 0.554. The number of nitrogens with two attached hydrogens (primary N) is 1. The Hall–Kier alpha value is -2.03. The number of aromatic nitrogens is 1. The minimum atomic E-state index is 0.554. The number of nitrogen functional groups attached to an aromatic ring is 1. The fraction of sp³-hybridized carbons (Fsp3) is 0.214. The molecule has 17 heavy (non-hydrogen) atoms. The highest BCUT2D eigenvalue weighted by atomic mass is 16.5. The molecule has 0 amide bonds. The number of hydrogen-bond donors (Lipinski definition) is 1. The topological polar surface area (TPSA) is 48.1 Å². The molecule has 0 spiro atoms. The van der Waals surface area contributed by atoms with Crippen LogP contribution < -0.4 is 10.5 Å². The second-order valence-electron chi connectivity index (χ2n) is 3.85. The lowest BCUT2D eigenvalue weighted by atomic mass is 10.0. The Bertz CT molecular complexity index is 503. The van der Waals surface area contributed by atoms with Gasteiger partial charge in [-0.3, -0.25) is 0 Å². The van der Waals surface area contributed by atoms with Crippen molar-refractivity contribution in [3.05, 3.63) is 42.1 Å². The zero-order valence-electron chi connectivity index (χ0n) is 10.1. The first-order valence-corrected chi connectivity index (χ1v) is 5.66. The summed E-state index contributed by atoms with van der Waals surface area (Å²) in [5, 5.41) is 0. The van der Waals surface area contributed by atoms with Crippen molar-refractivity contribution in [2.75, 3.05) is 12.3 Å². The third kappa shape index (κ3) is 2.38. The molecular formula is C14H16N2O. The van der Waals surface area contributed by atoms with Crippen molar-refractivity contribution in [2.45, 2.75) is 13.8 Å². The molecule has 0 saturated carbocycles. The molecule has 0 fully saturated rings. The van der Waals surface area contributed by atoms with Crippen LogP contribution in [0.4, 0.5) is 5.82 Å². The van der Waals surface area contributed by atoms with Crippen LogP contribution >= 0.6 is 0 Å². The second kappa shape index (κ2) is 4.87. The standard InChI is InChI=1S/C14H16N2O/c1-3-17-12-6-4-5-11(9-12)13-10(2)7-8-16-14(13)15/h4-9H,3H2,1-2H3,(H2,15,16). The maximum absolute atomic E-state index is 5.93. The van der Waals surface area contributed by atoms with Crippen molar-refractivity contribution in [1.29, 1.82) is 0 Å². The molecule has 88 valence electrons. The fourth-order valence-corrected chi connectivity index (χ4v) is 1.86. The molecule has 1 aromatic heterocycles. The number of rotatable bonds is 3. The molecule has 0 saturated heterocycles. The van der Waals surface area contributed by atoms with E-state index in [0.717, 1.165) is 22.4 Å².